The third kappa shape index (κ3) is 2.11. The molecule has 0 aliphatic heterocycles. The number of nitrogens with zero attached hydrogens (tertiary/aromatic N) is 3. The number of hydrogen-bond acceptors (Lipinski definition) is 5. The Morgan fingerprint density at radius 2 is 2.31 bits per heavy atom. The lowest BCUT2D eigenvalue weighted by Gasteiger charge is -2.08. The van der Waals surface area contributed by atoms with Gasteiger partial charge in [-0.3, -0.25) is 0 Å². The molecule has 6 nitrogen and oxygen atoms in total. The minimum absolute atomic E-state index is 0.437. The number of rotatable bonds is 4. The Morgan fingerprint density at radius 3 is 3.00 bits per heavy atom. The molecule has 2 aromatic heterocycles. The smallest absolute Gasteiger partial charge is 0.183 e. The highest BCUT2D eigenvalue weighted by Crippen LogP contribution is 2.12. The molecule has 6 heteroatoms. The van der Waals surface area contributed by atoms with E-state index >= 15 is 0 Å². The highest BCUT2D eigenvalue weighted by atomic mass is 15.1. The summed E-state index contributed by atoms with van der Waals surface area (Å²) in [5, 5.41) is 3.35. The Kier molecular flexibility index (Phi) is 3.00. The van der Waals surface area contributed by atoms with Crippen LogP contribution in [-0.2, 0) is 6.54 Å². The van der Waals surface area contributed by atoms with Crippen LogP contribution in [0.5, 0.6) is 0 Å². The zero-order valence-electron chi connectivity index (χ0n) is 9.49. The summed E-state index contributed by atoms with van der Waals surface area (Å²) in [6.07, 6.45) is 2.51. The molecule has 2 rings (SSSR count). The lowest BCUT2D eigenvalue weighted by atomic mass is 10.2. The van der Waals surface area contributed by atoms with Crippen LogP contribution in [0.3, 0.4) is 0 Å². The van der Waals surface area contributed by atoms with Crippen molar-refractivity contribution in [2.45, 2.75) is 32.9 Å². The summed E-state index contributed by atoms with van der Waals surface area (Å²) in [6.45, 7) is 4.96. The maximum atomic E-state index is 5.71. The zero-order chi connectivity index (χ0) is 11.5. The van der Waals surface area contributed by atoms with Gasteiger partial charge in [0.2, 0.25) is 0 Å². The van der Waals surface area contributed by atoms with Crippen molar-refractivity contribution in [2.75, 3.05) is 5.73 Å². The van der Waals surface area contributed by atoms with Crippen LogP contribution >= 0.6 is 0 Å². The number of nitrogens with two attached hydrogens (primary N) is 1. The molecular formula is C10H16N6. The van der Waals surface area contributed by atoms with Gasteiger partial charge in [-0.1, -0.05) is 6.92 Å². The molecule has 0 aliphatic rings. The second kappa shape index (κ2) is 4.44. The van der Waals surface area contributed by atoms with Crippen LogP contribution in [0.4, 0.5) is 5.82 Å². The average Bonchev–Trinajstić information content (AvgIpc) is 2.70. The molecule has 0 aromatic carbocycles. The zero-order valence-corrected chi connectivity index (χ0v) is 9.49. The summed E-state index contributed by atoms with van der Waals surface area (Å²) in [7, 11) is 0. The van der Waals surface area contributed by atoms with Crippen molar-refractivity contribution in [1.82, 2.24) is 25.3 Å². The molecule has 0 aliphatic carbocycles. The predicted octanol–water partition coefficient (Wildman–Crippen LogP) is 0.823. The fourth-order valence-corrected chi connectivity index (χ4v) is 1.39. The van der Waals surface area contributed by atoms with E-state index in [1.165, 1.54) is 6.33 Å². The molecular weight excluding hydrogens is 204 g/mol. The van der Waals surface area contributed by atoms with Gasteiger partial charge < -0.3 is 16.0 Å². The largest absolute Gasteiger partial charge is 0.382 e. The Hall–Kier alpha value is -1.69. The monoisotopic (exact) mass is 220 g/mol. The van der Waals surface area contributed by atoms with Crippen molar-refractivity contribution < 1.29 is 0 Å². The van der Waals surface area contributed by atoms with E-state index in [1.54, 1.807) is 0 Å². The number of aromatic nitrogens is 4. The molecule has 16 heavy (non-hydrogen) atoms. The van der Waals surface area contributed by atoms with Crippen LogP contribution in [0.15, 0.2) is 6.33 Å². The standard InChI is InChI=1S/C10H16N6/c1-3-6(2)12-4-7-15-8-9(11)13-5-14-10(8)16-7/h5-6,12H,3-4H2,1-2H3,(H3,11,13,14,15,16). The van der Waals surface area contributed by atoms with Crippen molar-refractivity contribution >= 4 is 17.0 Å². The number of H-pyrrole nitrogens is 1. The number of aromatic amines is 1. The molecule has 0 bridgehead atoms. The first-order valence-electron chi connectivity index (χ1n) is 5.39. The first kappa shape index (κ1) is 10.8. The van der Waals surface area contributed by atoms with Crippen molar-refractivity contribution in [3.63, 3.8) is 0 Å². The number of nitrogens with one attached hydrogen (secondary N) is 2. The molecule has 1 atom stereocenters. The first-order valence-corrected chi connectivity index (χ1v) is 5.39. The molecule has 4 N–H and O–H groups in total. The summed E-state index contributed by atoms with van der Waals surface area (Å²) in [5.74, 6) is 1.27. The number of imidazole rings is 1. The highest BCUT2D eigenvalue weighted by molar-refractivity contribution is 5.80. The number of nitrogen functional groups attached to an aromatic ring is 1. The van der Waals surface area contributed by atoms with Crippen molar-refractivity contribution in [1.29, 1.82) is 0 Å². The molecule has 2 aromatic rings. The average molecular weight is 220 g/mol. The van der Waals surface area contributed by atoms with Crippen LogP contribution in [0.25, 0.3) is 11.2 Å². The van der Waals surface area contributed by atoms with Crippen molar-refractivity contribution in [3.8, 4) is 0 Å². The minimum atomic E-state index is 0.437. The highest BCUT2D eigenvalue weighted by Gasteiger charge is 2.07. The molecule has 0 amide bonds. The van der Waals surface area contributed by atoms with Crippen molar-refractivity contribution in [2.24, 2.45) is 0 Å². The van der Waals surface area contributed by atoms with Gasteiger partial charge in [-0.05, 0) is 13.3 Å². The maximum Gasteiger partial charge on any atom is 0.183 e. The van der Waals surface area contributed by atoms with Crippen LogP contribution in [0.1, 0.15) is 26.1 Å². The third-order valence-electron chi connectivity index (χ3n) is 2.60. The summed E-state index contributed by atoms with van der Waals surface area (Å²) in [5.41, 5.74) is 7.04. The molecule has 0 saturated heterocycles. The van der Waals surface area contributed by atoms with E-state index in [1.807, 2.05) is 0 Å². The van der Waals surface area contributed by atoms with E-state index in [4.69, 9.17) is 5.73 Å². The third-order valence-corrected chi connectivity index (χ3v) is 2.60. The van der Waals surface area contributed by atoms with Crippen molar-refractivity contribution in [3.05, 3.63) is 12.2 Å². The Bertz CT molecular complexity index is 477. The van der Waals surface area contributed by atoms with E-state index < -0.39 is 0 Å². The molecule has 2 heterocycles. The van der Waals surface area contributed by atoms with Crippen LogP contribution < -0.4 is 11.1 Å². The maximum absolute atomic E-state index is 5.71. The number of fused-ring (bicyclic) bond motifs is 1. The van der Waals surface area contributed by atoms with E-state index in [2.05, 4.69) is 39.1 Å². The fraction of sp³-hybridized carbons (Fsp3) is 0.500. The lowest BCUT2D eigenvalue weighted by molar-refractivity contribution is 0.525. The van der Waals surface area contributed by atoms with Gasteiger partial charge in [-0.2, -0.15) is 0 Å². The van der Waals surface area contributed by atoms with Gasteiger partial charge in [0.25, 0.3) is 0 Å². The van der Waals surface area contributed by atoms with Gasteiger partial charge in [0.1, 0.15) is 17.7 Å². The number of hydrogen-bond donors (Lipinski definition) is 3. The van der Waals surface area contributed by atoms with Gasteiger partial charge in [-0.25, -0.2) is 15.0 Å². The molecule has 0 fully saturated rings. The van der Waals surface area contributed by atoms with Crippen LogP contribution in [-0.4, -0.2) is 26.0 Å². The second-order valence-corrected chi connectivity index (χ2v) is 3.83. The normalized spacial score (nSPS) is 13.1. The van der Waals surface area contributed by atoms with Gasteiger partial charge in [0.05, 0.1) is 6.54 Å². The second-order valence-electron chi connectivity index (χ2n) is 3.83. The quantitative estimate of drug-likeness (QED) is 0.709. The van der Waals surface area contributed by atoms with Gasteiger partial charge in [-0.15, -0.1) is 0 Å². The van der Waals surface area contributed by atoms with Crippen LogP contribution in [0, 0.1) is 0 Å². The van der Waals surface area contributed by atoms with E-state index in [0.29, 0.717) is 29.6 Å². The topological polar surface area (TPSA) is 92.5 Å². The Morgan fingerprint density at radius 1 is 1.50 bits per heavy atom. The van der Waals surface area contributed by atoms with Gasteiger partial charge >= 0.3 is 0 Å². The first-order chi connectivity index (χ1) is 7.70. The SMILES string of the molecule is CCC(C)NCc1nc2ncnc(N)c2[nH]1. The summed E-state index contributed by atoms with van der Waals surface area (Å²) in [4.78, 5) is 15.4. The summed E-state index contributed by atoms with van der Waals surface area (Å²) >= 11 is 0. The Balaban J connectivity index is 2.17. The Labute approximate surface area is 93.7 Å². The summed E-state index contributed by atoms with van der Waals surface area (Å²) in [6, 6.07) is 0.469. The van der Waals surface area contributed by atoms with E-state index in [-0.39, 0.29) is 0 Å². The molecule has 86 valence electrons. The van der Waals surface area contributed by atoms with Gasteiger partial charge in [0, 0.05) is 6.04 Å². The summed E-state index contributed by atoms with van der Waals surface area (Å²) < 4.78 is 0. The number of anilines is 1. The molecule has 1 unspecified atom stereocenters. The fourth-order valence-electron chi connectivity index (χ4n) is 1.39. The lowest BCUT2D eigenvalue weighted by Crippen LogP contribution is -2.24. The minimum Gasteiger partial charge on any atom is -0.382 e. The molecule has 0 saturated carbocycles. The molecule has 0 spiro atoms. The van der Waals surface area contributed by atoms with E-state index in [0.717, 1.165) is 12.2 Å². The van der Waals surface area contributed by atoms with Crippen LogP contribution in [0.2, 0.25) is 0 Å². The predicted molar refractivity (Wildman–Crippen MR) is 62.7 cm³/mol. The van der Waals surface area contributed by atoms with E-state index in [9.17, 15) is 0 Å². The molecule has 0 radical (unpaired) electrons. The van der Waals surface area contributed by atoms with Gasteiger partial charge in [0.15, 0.2) is 11.5 Å².